The molecular weight excluding hydrogens is 398 g/mol. The molecule has 6 nitrogen and oxygen atoms in total. The van der Waals surface area contributed by atoms with E-state index in [1.54, 1.807) is 4.90 Å². The number of nitrogens with one attached hydrogen (secondary N) is 3. The largest absolute Gasteiger partial charge is 0.322 e. The molecule has 0 spiro atoms. The summed E-state index contributed by atoms with van der Waals surface area (Å²) in [4.78, 5) is 15.7. The molecule has 2 aromatic carbocycles. The first-order chi connectivity index (χ1) is 15.6. The molecule has 1 amide bonds. The second-order valence-corrected chi connectivity index (χ2v) is 8.54. The number of quaternary nitrogens is 2. The van der Waals surface area contributed by atoms with E-state index < -0.39 is 0 Å². The van der Waals surface area contributed by atoms with Crippen molar-refractivity contribution in [3.63, 3.8) is 0 Å². The predicted molar refractivity (Wildman–Crippen MR) is 128 cm³/mol. The van der Waals surface area contributed by atoms with Crippen molar-refractivity contribution in [2.75, 3.05) is 44.6 Å². The minimum atomic E-state index is 0.0613. The fourth-order valence-corrected chi connectivity index (χ4v) is 4.32. The number of para-hydroxylation sites is 1. The van der Waals surface area contributed by atoms with Crippen LogP contribution in [-0.2, 0) is 4.79 Å². The van der Waals surface area contributed by atoms with Gasteiger partial charge in [-0.15, -0.1) is 0 Å². The Morgan fingerprint density at radius 3 is 2.28 bits per heavy atom. The molecule has 166 valence electrons. The van der Waals surface area contributed by atoms with Crippen molar-refractivity contribution in [1.29, 1.82) is 0 Å². The molecule has 1 aromatic heterocycles. The fraction of sp³-hybridized carbons (Fsp3) is 0.308. The summed E-state index contributed by atoms with van der Waals surface area (Å²) in [5.74, 6) is 0.0613. The maximum absolute atomic E-state index is 12.8. The van der Waals surface area contributed by atoms with Gasteiger partial charge in [-0.1, -0.05) is 54.6 Å². The molecular formula is C26H33N5O+2. The minimum Gasteiger partial charge on any atom is -0.322 e. The Balaban J connectivity index is 1.26. The Hall–Kier alpha value is -3.22. The molecule has 32 heavy (non-hydrogen) atoms. The number of anilines is 1. The number of rotatable bonds is 7. The summed E-state index contributed by atoms with van der Waals surface area (Å²) < 4.78 is 1.89. The highest BCUT2D eigenvalue weighted by molar-refractivity contribution is 5.92. The van der Waals surface area contributed by atoms with Gasteiger partial charge >= 0.3 is 0 Å². The van der Waals surface area contributed by atoms with Gasteiger partial charge in [-0.3, -0.25) is 4.79 Å². The van der Waals surface area contributed by atoms with Crippen LogP contribution in [0.3, 0.4) is 0 Å². The summed E-state index contributed by atoms with van der Waals surface area (Å²) in [6, 6.07) is 20.4. The van der Waals surface area contributed by atoms with E-state index in [4.69, 9.17) is 0 Å². The van der Waals surface area contributed by atoms with Crippen LogP contribution in [0.5, 0.6) is 0 Å². The molecule has 2 heterocycles. The van der Waals surface area contributed by atoms with Crippen LogP contribution in [0.1, 0.15) is 17.0 Å². The van der Waals surface area contributed by atoms with Crippen molar-refractivity contribution in [3.8, 4) is 5.69 Å². The molecule has 0 atom stereocenters. The average molecular weight is 432 g/mol. The Labute approximate surface area is 190 Å². The zero-order valence-corrected chi connectivity index (χ0v) is 19.0. The third kappa shape index (κ3) is 5.52. The molecule has 1 fully saturated rings. The molecule has 0 bridgehead atoms. The summed E-state index contributed by atoms with van der Waals surface area (Å²) in [5, 5.41) is 7.74. The Morgan fingerprint density at radius 1 is 0.969 bits per heavy atom. The maximum atomic E-state index is 12.8. The van der Waals surface area contributed by atoms with E-state index in [2.05, 4.69) is 46.8 Å². The maximum Gasteiger partial charge on any atom is 0.279 e. The molecule has 1 aliphatic heterocycles. The highest BCUT2D eigenvalue weighted by atomic mass is 16.2. The number of hydrogen-bond donors (Lipinski definition) is 3. The number of carbonyl (C=O) groups is 1. The van der Waals surface area contributed by atoms with Gasteiger partial charge in [-0.05, 0) is 37.6 Å². The van der Waals surface area contributed by atoms with Gasteiger partial charge in [-0.2, -0.15) is 5.10 Å². The monoisotopic (exact) mass is 431 g/mol. The molecule has 0 radical (unpaired) electrons. The number of hydrogen-bond acceptors (Lipinski definition) is 2. The van der Waals surface area contributed by atoms with Gasteiger partial charge in [0.2, 0.25) is 0 Å². The Bertz CT molecular complexity index is 1050. The second-order valence-electron chi connectivity index (χ2n) is 8.54. The summed E-state index contributed by atoms with van der Waals surface area (Å²) >= 11 is 0. The van der Waals surface area contributed by atoms with E-state index in [0.29, 0.717) is 6.54 Å². The van der Waals surface area contributed by atoms with Crippen LogP contribution >= 0.6 is 0 Å². The van der Waals surface area contributed by atoms with Crippen molar-refractivity contribution in [2.45, 2.75) is 13.8 Å². The first kappa shape index (κ1) is 22.0. The van der Waals surface area contributed by atoms with E-state index in [1.165, 1.54) is 10.5 Å². The quantitative estimate of drug-likeness (QED) is 0.521. The van der Waals surface area contributed by atoms with Crippen LogP contribution in [0.4, 0.5) is 5.69 Å². The van der Waals surface area contributed by atoms with Crippen molar-refractivity contribution < 1.29 is 14.6 Å². The summed E-state index contributed by atoms with van der Waals surface area (Å²) in [6.07, 6.45) is 4.46. The van der Waals surface area contributed by atoms with Gasteiger partial charge in [0.15, 0.2) is 6.54 Å². The van der Waals surface area contributed by atoms with Gasteiger partial charge in [0.05, 0.1) is 29.3 Å². The molecule has 1 saturated heterocycles. The van der Waals surface area contributed by atoms with E-state index in [9.17, 15) is 4.79 Å². The smallest absolute Gasteiger partial charge is 0.279 e. The fourth-order valence-electron chi connectivity index (χ4n) is 4.32. The predicted octanol–water partition coefficient (Wildman–Crippen LogP) is 0.924. The number of amides is 1. The molecule has 3 aromatic rings. The van der Waals surface area contributed by atoms with Crippen LogP contribution in [0.25, 0.3) is 11.8 Å². The lowest BCUT2D eigenvalue weighted by atomic mass is 10.2. The summed E-state index contributed by atoms with van der Waals surface area (Å²) in [7, 11) is 0. The lowest BCUT2D eigenvalue weighted by Gasteiger charge is -2.28. The normalized spacial score (nSPS) is 18.7. The third-order valence-corrected chi connectivity index (χ3v) is 6.15. The zero-order valence-electron chi connectivity index (χ0n) is 19.0. The molecule has 4 rings (SSSR count). The topological polar surface area (TPSA) is 55.8 Å². The number of nitrogens with zero attached hydrogens (tertiary/aromatic N) is 2. The van der Waals surface area contributed by atoms with Crippen LogP contribution < -0.4 is 15.1 Å². The van der Waals surface area contributed by atoms with Crippen LogP contribution in [-0.4, -0.2) is 55.0 Å². The molecule has 0 saturated carbocycles. The van der Waals surface area contributed by atoms with E-state index in [1.807, 2.05) is 54.9 Å². The number of carbonyl (C=O) groups excluding carboxylic acids is 1. The summed E-state index contributed by atoms with van der Waals surface area (Å²) in [6.45, 7) is 9.69. The minimum absolute atomic E-state index is 0.0613. The van der Waals surface area contributed by atoms with Crippen LogP contribution in [0.15, 0.2) is 66.7 Å². The van der Waals surface area contributed by atoms with E-state index in [0.717, 1.165) is 55.5 Å². The Kier molecular flexibility index (Phi) is 7.14. The first-order valence-electron chi connectivity index (χ1n) is 11.4. The van der Waals surface area contributed by atoms with Gasteiger partial charge in [0.25, 0.3) is 5.91 Å². The number of aromatic nitrogens is 2. The zero-order chi connectivity index (χ0) is 22.3. The van der Waals surface area contributed by atoms with Crippen molar-refractivity contribution in [2.24, 2.45) is 0 Å². The first-order valence-corrected chi connectivity index (χ1v) is 11.4. The lowest BCUT2D eigenvalue weighted by Crippen LogP contribution is -3.28. The van der Waals surface area contributed by atoms with Crippen molar-refractivity contribution >= 4 is 17.7 Å². The SMILES string of the molecule is Cc1nn(-c2ccccc2)c(C)c1NC(=O)C[NH+]1CC[NH+](C/C=C/c2ccccc2)CC1. The van der Waals surface area contributed by atoms with Crippen LogP contribution in [0, 0.1) is 13.8 Å². The molecule has 6 heteroatoms. The number of piperazine rings is 1. The van der Waals surface area contributed by atoms with Gasteiger partial charge in [-0.25, -0.2) is 4.68 Å². The molecule has 1 aliphatic rings. The molecule has 0 unspecified atom stereocenters. The lowest BCUT2D eigenvalue weighted by molar-refractivity contribution is -1.01. The molecule has 3 N–H and O–H groups in total. The third-order valence-electron chi connectivity index (χ3n) is 6.15. The van der Waals surface area contributed by atoms with Gasteiger partial charge in [0, 0.05) is 0 Å². The van der Waals surface area contributed by atoms with Gasteiger partial charge in [0.1, 0.15) is 26.2 Å². The molecule has 0 aliphatic carbocycles. The van der Waals surface area contributed by atoms with Crippen molar-refractivity contribution in [1.82, 2.24) is 9.78 Å². The van der Waals surface area contributed by atoms with Crippen molar-refractivity contribution in [3.05, 3.63) is 83.7 Å². The Morgan fingerprint density at radius 2 is 1.59 bits per heavy atom. The van der Waals surface area contributed by atoms with E-state index >= 15 is 0 Å². The highest BCUT2D eigenvalue weighted by Crippen LogP contribution is 2.22. The number of benzene rings is 2. The highest BCUT2D eigenvalue weighted by Gasteiger charge is 2.25. The van der Waals surface area contributed by atoms with Gasteiger partial charge < -0.3 is 15.1 Å². The van der Waals surface area contributed by atoms with E-state index in [-0.39, 0.29) is 5.91 Å². The number of aryl methyl sites for hydroxylation is 1. The average Bonchev–Trinajstić information content (AvgIpc) is 3.10. The second kappa shape index (κ2) is 10.4. The van der Waals surface area contributed by atoms with Crippen LogP contribution in [0.2, 0.25) is 0 Å². The standard InChI is InChI=1S/C26H31N5O/c1-21-26(22(2)31(28-21)24-13-7-4-8-14-24)27-25(32)20-30-18-16-29(17-19-30)15-9-12-23-10-5-3-6-11-23/h3-14H,15-20H2,1-2H3,(H,27,32)/p+2/b12-9+. The summed E-state index contributed by atoms with van der Waals surface area (Å²) in [5.41, 5.74) is 4.87.